The van der Waals surface area contributed by atoms with Crippen LogP contribution < -0.4 is 5.32 Å². The summed E-state index contributed by atoms with van der Waals surface area (Å²) in [4.78, 5) is 0. The molecule has 0 aromatic heterocycles. The van der Waals surface area contributed by atoms with E-state index in [9.17, 15) is 0 Å². The van der Waals surface area contributed by atoms with Crippen molar-refractivity contribution in [1.29, 1.82) is 0 Å². The maximum Gasteiger partial charge on any atom is 0.0322 e. The monoisotopic (exact) mass is 287 g/mol. The van der Waals surface area contributed by atoms with Crippen molar-refractivity contribution in [1.82, 2.24) is 5.32 Å². The molecule has 0 radical (unpaired) electrons. The summed E-state index contributed by atoms with van der Waals surface area (Å²) in [6.45, 7) is 12.7. The molecule has 0 fully saturated rings. The third-order valence-corrected chi connectivity index (χ3v) is 4.57. The predicted octanol–water partition coefficient (Wildman–Crippen LogP) is 5.29. The van der Waals surface area contributed by atoms with Crippen LogP contribution >= 0.6 is 0 Å². The van der Waals surface area contributed by atoms with Gasteiger partial charge in [0.1, 0.15) is 0 Å². The average Bonchev–Trinajstić information content (AvgIpc) is 2.83. The van der Waals surface area contributed by atoms with Gasteiger partial charge < -0.3 is 5.32 Å². The Kier molecular flexibility index (Phi) is 5.48. The van der Waals surface area contributed by atoms with E-state index in [0.29, 0.717) is 11.5 Å². The molecule has 0 aliphatic heterocycles. The Bertz CT molecular complexity index is 455. The van der Waals surface area contributed by atoms with Gasteiger partial charge in [-0.15, -0.1) is 0 Å². The van der Waals surface area contributed by atoms with Gasteiger partial charge in [0.05, 0.1) is 0 Å². The molecule has 1 nitrogen and oxygen atoms in total. The van der Waals surface area contributed by atoms with Crippen molar-refractivity contribution >= 4 is 0 Å². The van der Waals surface area contributed by atoms with E-state index in [1.165, 1.54) is 37.7 Å². The first-order valence-electron chi connectivity index (χ1n) is 8.74. The molecular weight excluding hydrogens is 254 g/mol. The minimum atomic E-state index is 0.425. The summed E-state index contributed by atoms with van der Waals surface area (Å²) in [7, 11) is 0. The summed E-state index contributed by atoms with van der Waals surface area (Å²) in [5, 5.41) is 3.71. The average molecular weight is 287 g/mol. The topological polar surface area (TPSA) is 12.0 Å². The molecule has 0 amide bonds. The number of hydrogen-bond acceptors (Lipinski definition) is 1. The molecular formula is C20H33N. The molecule has 2 rings (SSSR count). The van der Waals surface area contributed by atoms with Crippen LogP contribution in [0.2, 0.25) is 0 Å². The summed E-state index contributed by atoms with van der Waals surface area (Å²) < 4.78 is 0. The van der Waals surface area contributed by atoms with Gasteiger partial charge in [-0.05, 0) is 66.7 Å². The van der Waals surface area contributed by atoms with Crippen LogP contribution in [0.25, 0.3) is 0 Å². The quantitative estimate of drug-likeness (QED) is 0.749. The molecule has 1 aromatic rings. The van der Waals surface area contributed by atoms with Crippen molar-refractivity contribution in [2.75, 3.05) is 6.54 Å². The van der Waals surface area contributed by atoms with E-state index in [0.717, 1.165) is 12.5 Å². The molecule has 118 valence electrons. The second-order valence-corrected chi connectivity index (χ2v) is 8.10. The van der Waals surface area contributed by atoms with Gasteiger partial charge in [-0.1, -0.05) is 52.8 Å². The highest BCUT2D eigenvalue weighted by Gasteiger charge is 2.21. The van der Waals surface area contributed by atoms with E-state index in [4.69, 9.17) is 0 Å². The van der Waals surface area contributed by atoms with Gasteiger partial charge in [0, 0.05) is 6.04 Å². The van der Waals surface area contributed by atoms with E-state index in [1.54, 1.807) is 11.1 Å². The predicted molar refractivity (Wildman–Crippen MR) is 92.7 cm³/mol. The van der Waals surface area contributed by atoms with Gasteiger partial charge in [0.15, 0.2) is 0 Å². The van der Waals surface area contributed by atoms with Crippen molar-refractivity contribution in [3.63, 3.8) is 0 Å². The standard InChI is InChI=1S/C20H33N/c1-6-21-19(12-15(2)14-20(3,4)5)18-11-10-16-8-7-9-17(16)13-18/h10-11,13,15,19,21H,6-9,12,14H2,1-5H3. The molecule has 0 spiro atoms. The summed E-state index contributed by atoms with van der Waals surface area (Å²) in [6.07, 6.45) is 6.43. The van der Waals surface area contributed by atoms with Gasteiger partial charge in [-0.3, -0.25) is 0 Å². The second-order valence-electron chi connectivity index (χ2n) is 8.10. The molecule has 2 atom stereocenters. The first-order chi connectivity index (χ1) is 9.89. The van der Waals surface area contributed by atoms with Gasteiger partial charge in [0.25, 0.3) is 0 Å². The maximum atomic E-state index is 3.71. The van der Waals surface area contributed by atoms with Gasteiger partial charge in [0.2, 0.25) is 0 Å². The van der Waals surface area contributed by atoms with Crippen LogP contribution in [-0.4, -0.2) is 6.54 Å². The fourth-order valence-corrected chi connectivity index (χ4v) is 3.92. The highest BCUT2D eigenvalue weighted by atomic mass is 14.9. The first kappa shape index (κ1) is 16.5. The number of aryl methyl sites for hydroxylation is 2. The Balaban J connectivity index is 2.08. The molecule has 1 heteroatoms. The molecule has 2 unspecified atom stereocenters. The normalized spacial score (nSPS) is 17.6. The molecule has 0 bridgehead atoms. The van der Waals surface area contributed by atoms with Crippen molar-refractivity contribution < 1.29 is 0 Å². The second kappa shape index (κ2) is 6.96. The van der Waals surface area contributed by atoms with Crippen LogP contribution in [-0.2, 0) is 12.8 Å². The molecule has 1 aliphatic carbocycles. The Morgan fingerprint density at radius 1 is 1.14 bits per heavy atom. The van der Waals surface area contributed by atoms with E-state index >= 15 is 0 Å². The molecule has 1 N–H and O–H groups in total. The zero-order valence-electron chi connectivity index (χ0n) is 14.6. The number of rotatable bonds is 6. The third-order valence-electron chi connectivity index (χ3n) is 4.57. The highest BCUT2D eigenvalue weighted by molar-refractivity contribution is 5.36. The smallest absolute Gasteiger partial charge is 0.0322 e. The molecule has 0 heterocycles. The van der Waals surface area contributed by atoms with E-state index in [-0.39, 0.29) is 0 Å². The minimum Gasteiger partial charge on any atom is -0.310 e. The summed E-state index contributed by atoms with van der Waals surface area (Å²) in [6, 6.07) is 7.72. The van der Waals surface area contributed by atoms with Crippen LogP contribution in [0.4, 0.5) is 0 Å². The summed E-state index contributed by atoms with van der Waals surface area (Å²) >= 11 is 0. The zero-order chi connectivity index (χ0) is 15.5. The van der Waals surface area contributed by atoms with Gasteiger partial charge in [-0.2, -0.15) is 0 Å². The van der Waals surface area contributed by atoms with Crippen molar-refractivity contribution in [2.24, 2.45) is 11.3 Å². The Hall–Kier alpha value is -0.820. The number of fused-ring (bicyclic) bond motifs is 1. The lowest BCUT2D eigenvalue weighted by Gasteiger charge is -2.27. The Labute approximate surface area is 131 Å². The van der Waals surface area contributed by atoms with E-state index in [1.807, 2.05) is 0 Å². The highest BCUT2D eigenvalue weighted by Crippen LogP contribution is 2.32. The number of nitrogens with one attached hydrogen (secondary N) is 1. The molecule has 0 saturated carbocycles. The minimum absolute atomic E-state index is 0.425. The lowest BCUT2D eigenvalue weighted by Crippen LogP contribution is -2.24. The van der Waals surface area contributed by atoms with Crippen LogP contribution in [0.5, 0.6) is 0 Å². The van der Waals surface area contributed by atoms with Crippen LogP contribution in [0.1, 0.15) is 76.6 Å². The van der Waals surface area contributed by atoms with Crippen molar-refractivity contribution in [2.45, 2.75) is 72.8 Å². The number of hydrogen-bond donors (Lipinski definition) is 1. The lowest BCUT2D eigenvalue weighted by atomic mass is 9.82. The fourth-order valence-electron chi connectivity index (χ4n) is 3.92. The van der Waals surface area contributed by atoms with Crippen LogP contribution in [0, 0.1) is 11.3 Å². The van der Waals surface area contributed by atoms with Gasteiger partial charge in [-0.25, -0.2) is 0 Å². The summed E-state index contributed by atoms with van der Waals surface area (Å²) in [5.74, 6) is 0.752. The molecule has 21 heavy (non-hydrogen) atoms. The SMILES string of the molecule is CCNC(CC(C)CC(C)(C)C)c1ccc2c(c1)CCC2. The molecule has 1 aliphatic rings. The third kappa shape index (κ3) is 4.85. The largest absolute Gasteiger partial charge is 0.310 e. The molecule has 1 aromatic carbocycles. The van der Waals surface area contributed by atoms with E-state index in [2.05, 4.69) is 58.1 Å². The zero-order valence-corrected chi connectivity index (χ0v) is 14.6. The number of benzene rings is 1. The Morgan fingerprint density at radius 2 is 1.86 bits per heavy atom. The lowest BCUT2D eigenvalue weighted by molar-refractivity contribution is 0.276. The van der Waals surface area contributed by atoms with Crippen LogP contribution in [0.3, 0.4) is 0 Å². The van der Waals surface area contributed by atoms with Crippen molar-refractivity contribution in [3.8, 4) is 0 Å². The van der Waals surface area contributed by atoms with Crippen molar-refractivity contribution in [3.05, 3.63) is 34.9 Å². The summed E-state index contributed by atoms with van der Waals surface area (Å²) in [5.41, 5.74) is 5.10. The van der Waals surface area contributed by atoms with Crippen LogP contribution in [0.15, 0.2) is 18.2 Å². The maximum absolute atomic E-state index is 3.71. The Morgan fingerprint density at radius 3 is 2.52 bits per heavy atom. The van der Waals surface area contributed by atoms with Gasteiger partial charge >= 0.3 is 0 Å². The molecule has 0 saturated heterocycles. The first-order valence-corrected chi connectivity index (χ1v) is 8.74. The fraction of sp³-hybridized carbons (Fsp3) is 0.700. The van der Waals surface area contributed by atoms with E-state index < -0.39 is 0 Å².